The van der Waals surface area contributed by atoms with Gasteiger partial charge in [-0.15, -0.1) is 11.3 Å². The summed E-state index contributed by atoms with van der Waals surface area (Å²) in [5.74, 6) is 1.16. The third-order valence-corrected chi connectivity index (χ3v) is 3.73. The molecule has 1 heterocycles. The molecular formula is C11H20N2S2. The Morgan fingerprint density at radius 1 is 1.60 bits per heavy atom. The summed E-state index contributed by atoms with van der Waals surface area (Å²) in [5, 5.41) is 6.92. The van der Waals surface area contributed by atoms with Crippen molar-refractivity contribution >= 4 is 23.1 Å². The smallest absolute Gasteiger partial charge is 0.0897 e. The molecule has 4 heteroatoms. The summed E-state index contributed by atoms with van der Waals surface area (Å²) in [6.07, 6.45) is 4.42. The van der Waals surface area contributed by atoms with Crippen LogP contribution in [0.15, 0.2) is 5.38 Å². The van der Waals surface area contributed by atoms with Crippen LogP contribution in [-0.2, 0) is 6.42 Å². The SMILES string of the molecule is CCCNC(CSC)Cc1csc(C)n1. The van der Waals surface area contributed by atoms with Crippen molar-refractivity contribution in [3.63, 3.8) is 0 Å². The van der Waals surface area contributed by atoms with Crippen LogP contribution in [0.5, 0.6) is 0 Å². The first-order chi connectivity index (χ1) is 7.26. The number of hydrogen-bond acceptors (Lipinski definition) is 4. The van der Waals surface area contributed by atoms with Crippen LogP contribution < -0.4 is 5.32 Å². The molecule has 1 aromatic heterocycles. The van der Waals surface area contributed by atoms with Crippen molar-refractivity contribution in [3.8, 4) is 0 Å². The van der Waals surface area contributed by atoms with Gasteiger partial charge in [0.2, 0.25) is 0 Å². The van der Waals surface area contributed by atoms with Crippen LogP contribution in [0.1, 0.15) is 24.0 Å². The number of nitrogens with zero attached hydrogens (tertiary/aromatic N) is 1. The molecule has 2 nitrogen and oxygen atoms in total. The van der Waals surface area contributed by atoms with E-state index in [1.54, 1.807) is 11.3 Å². The maximum absolute atomic E-state index is 4.51. The Labute approximate surface area is 101 Å². The van der Waals surface area contributed by atoms with Gasteiger partial charge in [0.15, 0.2) is 0 Å². The van der Waals surface area contributed by atoms with Gasteiger partial charge >= 0.3 is 0 Å². The van der Waals surface area contributed by atoms with Crippen molar-refractivity contribution in [1.82, 2.24) is 10.3 Å². The van der Waals surface area contributed by atoms with E-state index in [4.69, 9.17) is 0 Å². The van der Waals surface area contributed by atoms with Crippen LogP contribution in [-0.4, -0.2) is 29.6 Å². The van der Waals surface area contributed by atoms with E-state index in [9.17, 15) is 0 Å². The van der Waals surface area contributed by atoms with Crippen LogP contribution in [0.25, 0.3) is 0 Å². The summed E-state index contributed by atoms with van der Waals surface area (Å²) in [4.78, 5) is 4.51. The predicted octanol–water partition coefficient (Wildman–Crippen LogP) is 2.73. The predicted molar refractivity (Wildman–Crippen MR) is 71.0 cm³/mol. The number of aromatic nitrogens is 1. The van der Waals surface area contributed by atoms with E-state index in [0.717, 1.165) is 18.7 Å². The third-order valence-electron chi connectivity index (χ3n) is 2.17. The second-order valence-electron chi connectivity index (χ2n) is 3.67. The largest absolute Gasteiger partial charge is 0.313 e. The first kappa shape index (κ1) is 13.0. The highest BCUT2D eigenvalue weighted by Crippen LogP contribution is 2.11. The van der Waals surface area contributed by atoms with Gasteiger partial charge in [0.05, 0.1) is 10.7 Å². The van der Waals surface area contributed by atoms with Crippen LogP contribution in [0.2, 0.25) is 0 Å². The van der Waals surface area contributed by atoms with E-state index in [-0.39, 0.29) is 0 Å². The third kappa shape index (κ3) is 5.00. The van der Waals surface area contributed by atoms with Gasteiger partial charge in [0.25, 0.3) is 0 Å². The van der Waals surface area contributed by atoms with Gasteiger partial charge in [-0.25, -0.2) is 4.98 Å². The molecule has 0 saturated heterocycles. The molecule has 86 valence electrons. The molecular weight excluding hydrogens is 224 g/mol. The van der Waals surface area contributed by atoms with E-state index < -0.39 is 0 Å². The summed E-state index contributed by atoms with van der Waals surface area (Å²) < 4.78 is 0. The number of thioether (sulfide) groups is 1. The molecule has 0 fully saturated rings. The number of rotatable bonds is 7. The zero-order chi connectivity index (χ0) is 11.1. The second-order valence-corrected chi connectivity index (χ2v) is 5.64. The van der Waals surface area contributed by atoms with Gasteiger partial charge in [0, 0.05) is 23.6 Å². The lowest BCUT2D eigenvalue weighted by molar-refractivity contribution is 0.546. The minimum atomic E-state index is 0.571. The summed E-state index contributed by atoms with van der Waals surface area (Å²) in [5.41, 5.74) is 1.24. The maximum Gasteiger partial charge on any atom is 0.0897 e. The molecule has 0 aliphatic heterocycles. The van der Waals surface area contributed by atoms with Crippen molar-refractivity contribution in [3.05, 3.63) is 16.1 Å². The number of hydrogen-bond donors (Lipinski definition) is 1. The Hall–Kier alpha value is -0.0600. The lowest BCUT2D eigenvalue weighted by Gasteiger charge is -2.15. The summed E-state index contributed by atoms with van der Waals surface area (Å²) in [6, 6.07) is 0.571. The highest BCUT2D eigenvalue weighted by atomic mass is 32.2. The molecule has 0 amide bonds. The lowest BCUT2D eigenvalue weighted by Crippen LogP contribution is -2.34. The highest BCUT2D eigenvalue weighted by Gasteiger charge is 2.09. The minimum Gasteiger partial charge on any atom is -0.313 e. The average molecular weight is 244 g/mol. The van der Waals surface area contributed by atoms with Crippen LogP contribution in [0.4, 0.5) is 0 Å². The molecule has 0 saturated carbocycles. The highest BCUT2D eigenvalue weighted by molar-refractivity contribution is 7.98. The normalized spacial score (nSPS) is 13.0. The summed E-state index contributed by atoms with van der Waals surface area (Å²) in [6.45, 7) is 5.38. The standard InChI is InChI=1S/C11H20N2S2/c1-4-5-12-10(7-14-3)6-11-8-15-9(2)13-11/h8,10,12H,4-7H2,1-3H3. The van der Waals surface area contributed by atoms with Gasteiger partial charge in [-0.3, -0.25) is 0 Å². The molecule has 0 bridgehead atoms. The zero-order valence-corrected chi connectivity index (χ0v) is 11.4. The molecule has 1 unspecified atom stereocenters. The monoisotopic (exact) mass is 244 g/mol. The molecule has 0 aromatic carbocycles. The fraction of sp³-hybridized carbons (Fsp3) is 0.727. The van der Waals surface area contributed by atoms with Crippen molar-refractivity contribution in [2.24, 2.45) is 0 Å². The fourth-order valence-electron chi connectivity index (χ4n) is 1.49. The first-order valence-electron chi connectivity index (χ1n) is 5.39. The number of aryl methyl sites for hydroxylation is 1. The Morgan fingerprint density at radius 3 is 2.93 bits per heavy atom. The molecule has 15 heavy (non-hydrogen) atoms. The van der Waals surface area contributed by atoms with E-state index in [2.05, 4.69) is 35.8 Å². The molecule has 1 atom stereocenters. The number of nitrogens with one attached hydrogen (secondary N) is 1. The Bertz CT molecular complexity index is 273. The Kier molecular flexibility index (Phi) is 6.29. The van der Waals surface area contributed by atoms with Crippen LogP contribution in [0, 0.1) is 6.92 Å². The number of thiazole rings is 1. The molecule has 0 spiro atoms. The van der Waals surface area contributed by atoms with Gasteiger partial charge < -0.3 is 5.32 Å². The topological polar surface area (TPSA) is 24.9 Å². The molecule has 0 aliphatic carbocycles. The molecule has 0 radical (unpaired) electrons. The quantitative estimate of drug-likeness (QED) is 0.798. The fourth-order valence-corrected chi connectivity index (χ4v) is 2.76. The average Bonchev–Trinajstić information content (AvgIpc) is 2.61. The van der Waals surface area contributed by atoms with Gasteiger partial charge in [-0.05, 0) is 26.1 Å². The van der Waals surface area contributed by atoms with E-state index >= 15 is 0 Å². The van der Waals surface area contributed by atoms with Crippen molar-refractivity contribution in [1.29, 1.82) is 0 Å². The van der Waals surface area contributed by atoms with E-state index in [1.165, 1.54) is 17.1 Å². The van der Waals surface area contributed by atoms with Crippen molar-refractivity contribution in [2.75, 3.05) is 18.6 Å². The van der Waals surface area contributed by atoms with Gasteiger partial charge in [-0.1, -0.05) is 6.92 Å². The van der Waals surface area contributed by atoms with Crippen LogP contribution in [0.3, 0.4) is 0 Å². The van der Waals surface area contributed by atoms with Gasteiger partial charge in [-0.2, -0.15) is 11.8 Å². The van der Waals surface area contributed by atoms with Crippen molar-refractivity contribution in [2.45, 2.75) is 32.7 Å². The Balaban J connectivity index is 2.42. The minimum absolute atomic E-state index is 0.571. The maximum atomic E-state index is 4.51. The first-order valence-corrected chi connectivity index (χ1v) is 7.67. The van der Waals surface area contributed by atoms with E-state index in [1.807, 2.05) is 11.8 Å². The van der Waals surface area contributed by atoms with Crippen molar-refractivity contribution < 1.29 is 0 Å². The Morgan fingerprint density at radius 2 is 2.40 bits per heavy atom. The lowest BCUT2D eigenvalue weighted by atomic mass is 10.2. The molecule has 1 aromatic rings. The van der Waals surface area contributed by atoms with E-state index in [0.29, 0.717) is 6.04 Å². The van der Waals surface area contributed by atoms with Gasteiger partial charge in [0.1, 0.15) is 0 Å². The summed E-state index contributed by atoms with van der Waals surface area (Å²) in [7, 11) is 0. The zero-order valence-electron chi connectivity index (χ0n) is 9.75. The summed E-state index contributed by atoms with van der Waals surface area (Å²) >= 11 is 3.64. The molecule has 1 N–H and O–H groups in total. The second kappa shape index (κ2) is 7.25. The molecule has 0 aliphatic rings. The van der Waals surface area contributed by atoms with Crippen LogP contribution >= 0.6 is 23.1 Å². The molecule has 1 rings (SSSR count).